The minimum absolute atomic E-state index is 0.0327. The van der Waals surface area contributed by atoms with Crippen molar-refractivity contribution in [2.75, 3.05) is 34.4 Å². The quantitative estimate of drug-likeness (QED) is 0.0305. The molecule has 0 fully saturated rings. The Kier molecular flexibility index (Phi) is 13.5. The lowest BCUT2D eigenvalue weighted by atomic mass is 10.1. The third kappa shape index (κ3) is 10.2. The molecule has 0 aliphatic carbocycles. The molecule has 0 bridgehead atoms. The van der Waals surface area contributed by atoms with E-state index in [9.17, 15) is 14.4 Å². The highest BCUT2D eigenvalue weighted by molar-refractivity contribution is 14.1. The Balaban J connectivity index is 1.36. The molecule has 4 rings (SSSR count). The molecule has 0 atom stereocenters. The van der Waals surface area contributed by atoms with Crippen LogP contribution in [0, 0.1) is 5.41 Å². The third-order valence-electron chi connectivity index (χ3n) is 7.35. The van der Waals surface area contributed by atoms with E-state index in [4.69, 9.17) is 19.9 Å². The first kappa shape index (κ1) is 35.3. The molecular weight excluding hydrogens is 713 g/mol. The van der Waals surface area contributed by atoms with Crippen LogP contribution in [0.4, 0.5) is 16.3 Å². The molecule has 0 spiro atoms. The van der Waals surface area contributed by atoms with Gasteiger partial charge >= 0.3 is 12.1 Å². The first-order valence-corrected chi connectivity index (χ1v) is 17.1. The summed E-state index contributed by atoms with van der Waals surface area (Å²) in [6.07, 6.45) is 5.13. The second-order valence-electron chi connectivity index (χ2n) is 10.7. The van der Waals surface area contributed by atoms with Crippen LogP contribution < -0.4 is 15.5 Å². The Morgan fingerprint density at radius 3 is 2.47 bits per heavy atom. The van der Waals surface area contributed by atoms with E-state index in [-0.39, 0.29) is 37.3 Å². The molecule has 2 heterocycles. The van der Waals surface area contributed by atoms with E-state index >= 15 is 0 Å². The van der Waals surface area contributed by atoms with Gasteiger partial charge in [-0.15, -0.1) is 0 Å². The number of benzene rings is 2. The summed E-state index contributed by atoms with van der Waals surface area (Å²) >= 11 is 2.35. The second kappa shape index (κ2) is 18.0. The number of nitrogens with one attached hydrogen (secondary N) is 3. The molecular formula is C34H40IN7O5. The molecule has 12 nitrogen and oxygen atoms in total. The van der Waals surface area contributed by atoms with Gasteiger partial charge in [-0.2, -0.15) is 0 Å². The molecule has 0 aliphatic heterocycles. The number of fused-ring (bicyclic) bond motifs is 1. The number of ether oxygens (including phenoxy) is 2. The Morgan fingerprint density at radius 2 is 1.74 bits per heavy atom. The van der Waals surface area contributed by atoms with E-state index in [0.717, 1.165) is 40.7 Å². The van der Waals surface area contributed by atoms with Gasteiger partial charge in [-0.3, -0.25) is 25.2 Å². The van der Waals surface area contributed by atoms with Crippen molar-refractivity contribution in [1.82, 2.24) is 19.9 Å². The zero-order chi connectivity index (χ0) is 33.6. The number of carbonyl (C=O) groups is 3. The predicted octanol–water partition coefficient (Wildman–Crippen LogP) is 6.23. The van der Waals surface area contributed by atoms with Crippen LogP contribution in [0.1, 0.15) is 60.8 Å². The summed E-state index contributed by atoms with van der Waals surface area (Å²) in [5, 5.41) is 14.0. The zero-order valence-electron chi connectivity index (χ0n) is 26.6. The monoisotopic (exact) mass is 753 g/mol. The molecule has 2 aromatic carbocycles. The van der Waals surface area contributed by atoms with Crippen molar-refractivity contribution >= 4 is 68.9 Å². The fourth-order valence-corrected chi connectivity index (χ4v) is 5.37. The normalized spacial score (nSPS) is 10.8. The Bertz CT molecular complexity index is 1660. The Morgan fingerprint density at radius 1 is 0.979 bits per heavy atom. The zero-order valence-corrected chi connectivity index (χ0v) is 28.8. The number of nitrogens with zero attached hydrogens (tertiary/aromatic N) is 4. The lowest BCUT2D eigenvalue weighted by molar-refractivity contribution is -0.142. The van der Waals surface area contributed by atoms with Crippen LogP contribution in [0.25, 0.3) is 11.0 Å². The van der Waals surface area contributed by atoms with Crippen molar-refractivity contribution in [2.24, 2.45) is 7.05 Å². The number of rotatable bonds is 16. The second-order valence-corrected chi connectivity index (χ2v) is 11.7. The van der Waals surface area contributed by atoms with E-state index in [0.29, 0.717) is 35.6 Å². The number of amides is 2. The van der Waals surface area contributed by atoms with Gasteiger partial charge in [-0.1, -0.05) is 41.5 Å². The maximum atomic E-state index is 13.6. The fourth-order valence-electron chi connectivity index (χ4n) is 4.83. The van der Waals surface area contributed by atoms with Crippen molar-refractivity contribution in [1.29, 1.82) is 5.41 Å². The molecule has 3 N–H and O–H groups in total. The number of halogens is 1. The Labute approximate surface area is 287 Å². The Hall–Kier alpha value is -4.53. The van der Waals surface area contributed by atoms with Crippen molar-refractivity contribution in [2.45, 2.75) is 45.6 Å². The number of alkyl halides is 1. The summed E-state index contributed by atoms with van der Waals surface area (Å²) in [5.74, 6) is 0.485. The van der Waals surface area contributed by atoms with Crippen LogP contribution in [-0.4, -0.2) is 62.5 Å². The highest BCUT2D eigenvalue weighted by atomic mass is 127. The first-order valence-electron chi connectivity index (χ1n) is 15.6. The van der Waals surface area contributed by atoms with E-state index < -0.39 is 6.09 Å². The number of aryl methyl sites for hydroxylation is 1. The van der Waals surface area contributed by atoms with Crippen LogP contribution in [-0.2, 0) is 27.9 Å². The number of alkyl carbamates (subject to hydrolysis) is 1. The van der Waals surface area contributed by atoms with Gasteiger partial charge in [0.05, 0.1) is 37.2 Å². The summed E-state index contributed by atoms with van der Waals surface area (Å²) in [6.45, 7) is 2.89. The van der Waals surface area contributed by atoms with Gasteiger partial charge in [0.15, 0.2) is 0 Å². The number of carbonyl (C=O) groups excluding carboxylic acids is 3. The topological polar surface area (TPSA) is 152 Å². The van der Waals surface area contributed by atoms with Crippen LogP contribution >= 0.6 is 22.6 Å². The molecule has 4 aromatic rings. The maximum Gasteiger partial charge on any atom is 0.412 e. The molecule has 0 unspecified atom stereocenters. The SMILES string of the molecule is CCOC(=O)CCN(C(=O)c1ccc2c(c1)nc(CNc1ccc(C(=N)NC(=O)OCCCCCCI)cc1)n2C)c1ccccn1. The van der Waals surface area contributed by atoms with Gasteiger partial charge < -0.3 is 19.4 Å². The highest BCUT2D eigenvalue weighted by Gasteiger charge is 2.21. The van der Waals surface area contributed by atoms with Crippen LogP contribution in [0.2, 0.25) is 0 Å². The molecule has 248 valence electrons. The standard InChI is InChI=1S/C34H40IN7O5/c1-3-46-31(43)17-20-42(29-10-6-8-19-37-29)33(44)25-13-16-28-27(22-25)39-30(41(28)2)23-38-26-14-11-24(12-15-26)32(36)40-34(45)47-21-9-5-4-7-18-35/h6,8,10-16,19,22,38H,3-5,7,9,17-18,20-21,23H2,1-2H3,(H2,36,40,45). The van der Waals surface area contributed by atoms with Crippen LogP contribution in [0.5, 0.6) is 0 Å². The van der Waals surface area contributed by atoms with Crippen LogP contribution in [0.3, 0.4) is 0 Å². The number of aromatic nitrogens is 3. The summed E-state index contributed by atoms with van der Waals surface area (Å²) in [7, 11) is 1.91. The van der Waals surface area contributed by atoms with Gasteiger partial charge in [0.2, 0.25) is 0 Å². The van der Waals surface area contributed by atoms with Gasteiger partial charge in [0, 0.05) is 36.6 Å². The number of amidine groups is 1. The lowest BCUT2D eigenvalue weighted by Gasteiger charge is -2.21. The maximum absolute atomic E-state index is 13.6. The average molecular weight is 754 g/mol. The van der Waals surface area contributed by atoms with Crippen molar-refractivity contribution in [3.63, 3.8) is 0 Å². The molecule has 0 radical (unpaired) electrons. The average Bonchev–Trinajstić information content (AvgIpc) is 3.40. The fraction of sp³-hybridized carbons (Fsp3) is 0.353. The number of hydrogen-bond donors (Lipinski definition) is 3. The third-order valence-corrected chi connectivity index (χ3v) is 8.11. The molecule has 0 saturated heterocycles. The molecule has 0 saturated carbocycles. The van der Waals surface area contributed by atoms with E-state index in [1.54, 1.807) is 55.6 Å². The minimum atomic E-state index is -0.626. The molecule has 2 aromatic heterocycles. The van der Waals surface area contributed by atoms with Gasteiger partial charge in [0.25, 0.3) is 5.91 Å². The lowest BCUT2D eigenvalue weighted by Crippen LogP contribution is -2.34. The van der Waals surface area contributed by atoms with E-state index in [1.165, 1.54) is 11.3 Å². The number of imidazole rings is 1. The van der Waals surface area contributed by atoms with Crippen molar-refractivity contribution in [3.05, 3.63) is 83.8 Å². The molecule has 13 heteroatoms. The summed E-state index contributed by atoms with van der Waals surface area (Å²) < 4.78 is 13.3. The largest absolute Gasteiger partial charge is 0.466 e. The molecule has 47 heavy (non-hydrogen) atoms. The summed E-state index contributed by atoms with van der Waals surface area (Å²) in [6, 6.07) is 17.8. The minimum Gasteiger partial charge on any atom is -0.466 e. The number of pyridine rings is 1. The van der Waals surface area contributed by atoms with Gasteiger partial charge in [0.1, 0.15) is 17.5 Å². The van der Waals surface area contributed by atoms with Gasteiger partial charge in [-0.25, -0.2) is 14.8 Å². The first-order chi connectivity index (χ1) is 22.8. The predicted molar refractivity (Wildman–Crippen MR) is 190 cm³/mol. The van der Waals surface area contributed by atoms with E-state index in [1.807, 2.05) is 29.8 Å². The van der Waals surface area contributed by atoms with E-state index in [2.05, 4.69) is 38.2 Å². The highest BCUT2D eigenvalue weighted by Crippen LogP contribution is 2.21. The summed E-state index contributed by atoms with van der Waals surface area (Å²) in [4.78, 5) is 48.3. The number of hydrogen-bond acceptors (Lipinski definition) is 9. The number of unbranched alkanes of at least 4 members (excludes halogenated alkanes) is 3. The van der Waals surface area contributed by atoms with Crippen molar-refractivity contribution < 1.29 is 23.9 Å². The molecule has 0 aliphatic rings. The number of anilines is 2. The van der Waals surface area contributed by atoms with Crippen molar-refractivity contribution in [3.8, 4) is 0 Å². The smallest absolute Gasteiger partial charge is 0.412 e. The molecule has 2 amide bonds. The summed E-state index contributed by atoms with van der Waals surface area (Å²) in [5.41, 5.74) is 3.30. The number of esters is 1. The van der Waals surface area contributed by atoms with Gasteiger partial charge in [-0.05, 0) is 78.8 Å². The van der Waals surface area contributed by atoms with Crippen LogP contribution in [0.15, 0.2) is 66.9 Å².